The smallest absolute Gasteiger partial charge is 0.324 e. The minimum absolute atomic E-state index is 0.0101. The Morgan fingerprint density at radius 2 is 1.70 bits per heavy atom. The number of rotatable bonds is 3. The summed E-state index contributed by atoms with van der Waals surface area (Å²) in [4.78, 5) is 16.3. The van der Waals surface area contributed by atoms with Crippen LogP contribution in [-0.4, -0.2) is 39.0 Å². The SMILES string of the molecule is O=C1N(Cc2ccccc2)C(O)[C@@H]2CSC(c3ccccc3)N12. The van der Waals surface area contributed by atoms with Crippen LogP contribution < -0.4 is 0 Å². The van der Waals surface area contributed by atoms with Gasteiger partial charge in [-0.05, 0) is 11.1 Å². The predicted molar refractivity (Wildman–Crippen MR) is 90.7 cm³/mol. The molecule has 23 heavy (non-hydrogen) atoms. The van der Waals surface area contributed by atoms with E-state index in [0.717, 1.165) is 16.9 Å². The molecule has 2 unspecified atom stereocenters. The fourth-order valence-corrected chi connectivity index (χ4v) is 4.75. The number of nitrogens with zero attached hydrogens (tertiary/aromatic N) is 2. The molecule has 3 atom stereocenters. The highest BCUT2D eigenvalue weighted by Gasteiger charge is 2.52. The second-order valence-electron chi connectivity index (χ2n) is 5.88. The van der Waals surface area contributed by atoms with E-state index in [0.29, 0.717) is 6.54 Å². The van der Waals surface area contributed by atoms with Crippen molar-refractivity contribution in [3.05, 3.63) is 71.8 Å². The molecular formula is C18H18N2O2S. The molecule has 2 aliphatic rings. The molecule has 118 valence electrons. The van der Waals surface area contributed by atoms with Crippen LogP contribution in [0.3, 0.4) is 0 Å². The van der Waals surface area contributed by atoms with E-state index in [1.165, 1.54) is 0 Å². The van der Waals surface area contributed by atoms with Gasteiger partial charge in [-0.2, -0.15) is 0 Å². The molecule has 5 heteroatoms. The van der Waals surface area contributed by atoms with Crippen LogP contribution in [0.4, 0.5) is 4.79 Å². The van der Waals surface area contributed by atoms with Gasteiger partial charge in [-0.3, -0.25) is 4.90 Å². The van der Waals surface area contributed by atoms with Gasteiger partial charge in [0.25, 0.3) is 0 Å². The van der Waals surface area contributed by atoms with Crippen LogP contribution >= 0.6 is 11.8 Å². The van der Waals surface area contributed by atoms with E-state index in [-0.39, 0.29) is 17.4 Å². The van der Waals surface area contributed by atoms with Crippen LogP contribution in [0.2, 0.25) is 0 Å². The van der Waals surface area contributed by atoms with Gasteiger partial charge in [0.15, 0.2) is 6.23 Å². The lowest BCUT2D eigenvalue weighted by atomic mass is 10.2. The van der Waals surface area contributed by atoms with Gasteiger partial charge in [0, 0.05) is 5.75 Å². The highest BCUT2D eigenvalue weighted by atomic mass is 32.2. The van der Waals surface area contributed by atoms with Crippen LogP contribution in [0.1, 0.15) is 16.5 Å². The first-order chi connectivity index (χ1) is 11.3. The number of aliphatic hydroxyl groups is 1. The zero-order valence-electron chi connectivity index (χ0n) is 12.6. The number of carbonyl (C=O) groups excluding carboxylic acids is 1. The van der Waals surface area contributed by atoms with Gasteiger partial charge in [0.2, 0.25) is 0 Å². The second-order valence-corrected chi connectivity index (χ2v) is 6.99. The monoisotopic (exact) mass is 326 g/mol. The van der Waals surface area contributed by atoms with Crippen molar-refractivity contribution in [1.82, 2.24) is 9.80 Å². The van der Waals surface area contributed by atoms with Gasteiger partial charge in [-0.15, -0.1) is 11.8 Å². The molecular weight excluding hydrogens is 308 g/mol. The molecule has 2 fully saturated rings. The highest BCUT2D eigenvalue weighted by Crippen LogP contribution is 2.46. The summed E-state index contributed by atoms with van der Waals surface area (Å²) in [7, 11) is 0. The lowest BCUT2D eigenvalue weighted by Gasteiger charge is -2.24. The Hall–Kier alpha value is -1.98. The van der Waals surface area contributed by atoms with Crippen molar-refractivity contribution in [2.24, 2.45) is 0 Å². The van der Waals surface area contributed by atoms with Gasteiger partial charge in [-0.1, -0.05) is 60.7 Å². The Morgan fingerprint density at radius 1 is 1.04 bits per heavy atom. The molecule has 2 amide bonds. The van der Waals surface area contributed by atoms with Crippen LogP contribution in [0.5, 0.6) is 0 Å². The Balaban J connectivity index is 1.59. The number of carbonyl (C=O) groups is 1. The third-order valence-corrected chi connectivity index (χ3v) is 5.79. The number of hydrogen-bond donors (Lipinski definition) is 1. The van der Waals surface area contributed by atoms with Crippen molar-refractivity contribution in [2.75, 3.05) is 5.75 Å². The van der Waals surface area contributed by atoms with Crippen molar-refractivity contribution in [2.45, 2.75) is 24.2 Å². The zero-order chi connectivity index (χ0) is 15.8. The molecule has 1 N–H and O–H groups in total. The second kappa shape index (κ2) is 5.91. The third kappa shape index (κ3) is 2.50. The number of hydrogen-bond acceptors (Lipinski definition) is 3. The van der Waals surface area contributed by atoms with E-state index in [2.05, 4.69) is 0 Å². The van der Waals surface area contributed by atoms with Crippen LogP contribution in [0.15, 0.2) is 60.7 Å². The average Bonchev–Trinajstić information content (AvgIpc) is 3.13. The lowest BCUT2D eigenvalue weighted by Crippen LogP contribution is -2.36. The van der Waals surface area contributed by atoms with E-state index in [4.69, 9.17) is 0 Å². The third-order valence-electron chi connectivity index (χ3n) is 4.45. The molecule has 2 aliphatic heterocycles. The summed E-state index contributed by atoms with van der Waals surface area (Å²) in [6, 6.07) is 19.6. The molecule has 0 saturated carbocycles. The number of fused-ring (bicyclic) bond motifs is 1. The Morgan fingerprint density at radius 3 is 2.39 bits per heavy atom. The van der Waals surface area contributed by atoms with Gasteiger partial charge < -0.3 is 10.0 Å². The number of benzene rings is 2. The van der Waals surface area contributed by atoms with Gasteiger partial charge in [0.1, 0.15) is 5.37 Å². The Kier molecular flexibility index (Phi) is 3.75. The quantitative estimate of drug-likeness (QED) is 0.943. The molecule has 0 radical (unpaired) electrons. The first-order valence-electron chi connectivity index (χ1n) is 7.73. The maximum Gasteiger partial charge on any atom is 0.324 e. The fourth-order valence-electron chi connectivity index (χ4n) is 3.28. The van der Waals surface area contributed by atoms with Crippen LogP contribution in [0.25, 0.3) is 0 Å². The minimum atomic E-state index is -0.746. The zero-order valence-corrected chi connectivity index (χ0v) is 13.4. The van der Waals surface area contributed by atoms with E-state index in [9.17, 15) is 9.90 Å². The molecule has 0 aliphatic carbocycles. The Bertz CT molecular complexity index is 695. The topological polar surface area (TPSA) is 43.8 Å². The first-order valence-corrected chi connectivity index (χ1v) is 8.78. The van der Waals surface area contributed by atoms with Crippen molar-refractivity contribution in [3.63, 3.8) is 0 Å². The number of amides is 2. The fraction of sp³-hybridized carbons (Fsp3) is 0.278. The molecule has 4 rings (SSSR count). The number of urea groups is 1. The van der Waals surface area contributed by atoms with E-state index >= 15 is 0 Å². The lowest BCUT2D eigenvalue weighted by molar-refractivity contribution is 0.0363. The molecule has 2 heterocycles. The maximum atomic E-state index is 12.9. The van der Waals surface area contributed by atoms with Crippen LogP contribution in [0, 0.1) is 0 Å². The molecule has 0 aromatic heterocycles. The summed E-state index contributed by atoms with van der Waals surface area (Å²) < 4.78 is 0. The summed E-state index contributed by atoms with van der Waals surface area (Å²) in [5, 5.41) is 10.6. The largest absolute Gasteiger partial charge is 0.371 e. The summed E-state index contributed by atoms with van der Waals surface area (Å²) >= 11 is 1.72. The highest BCUT2D eigenvalue weighted by molar-refractivity contribution is 7.99. The maximum absolute atomic E-state index is 12.9. The minimum Gasteiger partial charge on any atom is -0.371 e. The number of thioether (sulfide) groups is 1. The summed E-state index contributed by atoms with van der Waals surface area (Å²) in [5.41, 5.74) is 2.15. The average molecular weight is 326 g/mol. The van der Waals surface area contributed by atoms with Crippen molar-refractivity contribution in [1.29, 1.82) is 0 Å². The molecule has 2 aromatic carbocycles. The van der Waals surface area contributed by atoms with E-state index in [1.54, 1.807) is 16.7 Å². The molecule has 0 bridgehead atoms. The van der Waals surface area contributed by atoms with Crippen LogP contribution in [-0.2, 0) is 6.54 Å². The van der Waals surface area contributed by atoms with Crippen molar-refractivity contribution >= 4 is 17.8 Å². The van der Waals surface area contributed by atoms with Gasteiger partial charge >= 0.3 is 6.03 Å². The number of aliphatic hydroxyl groups excluding tert-OH is 1. The summed E-state index contributed by atoms with van der Waals surface area (Å²) in [5.74, 6) is 0.762. The molecule has 4 nitrogen and oxygen atoms in total. The van der Waals surface area contributed by atoms with Crippen molar-refractivity contribution in [3.8, 4) is 0 Å². The normalized spacial score (nSPS) is 26.7. The first kappa shape index (κ1) is 14.6. The van der Waals surface area contributed by atoms with E-state index in [1.807, 2.05) is 65.6 Å². The summed E-state index contributed by atoms with van der Waals surface area (Å²) in [6.45, 7) is 0.444. The standard InChI is InChI=1S/C18H18N2O2S/c21-16-15-12-23-17(14-9-5-2-6-10-14)20(15)18(22)19(16)11-13-7-3-1-4-8-13/h1-10,15-17,21H,11-12H2/t15-,16?,17?/m0/s1. The van der Waals surface area contributed by atoms with Crippen molar-refractivity contribution < 1.29 is 9.90 Å². The van der Waals surface area contributed by atoms with Gasteiger partial charge in [-0.25, -0.2) is 4.79 Å². The predicted octanol–water partition coefficient (Wildman–Crippen LogP) is 3.06. The van der Waals surface area contributed by atoms with Gasteiger partial charge in [0.05, 0.1) is 12.6 Å². The Labute approximate surface area is 139 Å². The molecule has 2 aromatic rings. The molecule has 2 saturated heterocycles. The van der Waals surface area contributed by atoms with E-state index < -0.39 is 6.23 Å². The molecule has 0 spiro atoms. The summed E-state index contributed by atoms with van der Waals surface area (Å²) in [6.07, 6.45) is -0.746.